The SMILES string of the molecule is Cc1nc(C(=O)NC(C)c2ccco2)n[nH]1. The molecule has 0 radical (unpaired) electrons. The quantitative estimate of drug-likeness (QED) is 0.813. The summed E-state index contributed by atoms with van der Waals surface area (Å²) in [6, 6.07) is 3.37. The minimum atomic E-state index is -0.326. The van der Waals surface area contributed by atoms with Crippen LogP contribution in [0.15, 0.2) is 22.8 Å². The van der Waals surface area contributed by atoms with Gasteiger partial charge in [0.05, 0.1) is 12.3 Å². The fraction of sp³-hybridized carbons (Fsp3) is 0.300. The lowest BCUT2D eigenvalue weighted by Gasteiger charge is -2.08. The molecule has 0 aliphatic heterocycles. The average molecular weight is 220 g/mol. The third-order valence-corrected chi connectivity index (χ3v) is 2.12. The first-order chi connectivity index (χ1) is 7.66. The van der Waals surface area contributed by atoms with Crippen LogP contribution in [0.2, 0.25) is 0 Å². The topological polar surface area (TPSA) is 83.8 Å². The Balaban J connectivity index is 2.03. The van der Waals surface area contributed by atoms with E-state index in [1.807, 2.05) is 6.92 Å². The van der Waals surface area contributed by atoms with Gasteiger partial charge in [-0.05, 0) is 26.0 Å². The Morgan fingerprint density at radius 1 is 1.62 bits per heavy atom. The fourth-order valence-corrected chi connectivity index (χ4v) is 1.31. The molecule has 84 valence electrons. The molecule has 2 aromatic heterocycles. The lowest BCUT2D eigenvalue weighted by molar-refractivity contribution is 0.0925. The molecule has 6 nitrogen and oxygen atoms in total. The Hall–Kier alpha value is -2.11. The van der Waals surface area contributed by atoms with Crippen molar-refractivity contribution in [3.05, 3.63) is 35.8 Å². The zero-order chi connectivity index (χ0) is 11.5. The number of H-pyrrole nitrogens is 1. The van der Waals surface area contributed by atoms with Crippen molar-refractivity contribution >= 4 is 5.91 Å². The number of nitrogens with one attached hydrogen (secondary N) is 2. The number of aromatic nitrogens is 3. The van der Waals surface area contributed by atoms with Gasteiger partial charge in [-0.2, -0.15) is 0 Å². The molecule has 1 unspecified atom stereocenters. The van der Waals surface area contributed by atoms with Crippen LogP contribution in [0, 0.1) is 6.92 Å². The van der Waals surface area contributed by atoms with Crippen molar-refractivity contribution in [3.8, 4) is 0 Å². The van der Waals surface area contributed by atoms with Crippen LogP contribution in [0.5, 0.6) is 0 Å². The lowest BCUT2D eigenvalue weighted by Crippen LogP contribution is -2.27. The Morgan fingerprint density at radius 2 is 2.44 bits per heavy atom. The van der Waals surface area contributed by atoms with Crippen LogP contribution in [0.4, 0.5) is 0 Å². The van der Waals surface area contributed by atoms with Gasteiger partial charge in [0, 0.05) is 0 Å². The standard InChI is InChI=1S/C10H12N4O2/c1-6(8-4-3-5-16-8)11-10(15)9-12-7(2)13-14-9/h3-6H,1-2H3,(H,11,15)(H,12,13,14). The van der Waals surface area contributed by atoms with Crippen LogP contribution in [0.1, 0.15) is 35.2 Å². The molecular formula is C10H12N4O2. The second-order valence-corrected chi connectivity index (χ2v) is 3.45. The molecule has 6 heteroatoms. The zero-order valence-electron chi connectivity index (χ0n) is 9.02. The van der Waals surface area contributed by atoms with E-state index < -0.39 is 0 Å². The van der Waals surface area contributed by atoms with Gasteiger partial charge in [-0.3, -0.25) is 9.89 Å². The largest absolute Gasteiger partial charge is 0.467 e. The number of hydrogen-bond donors (Lipinski definition) is 2. The van der Waals surface area contributed by atoms with E-state index in [2.05, 4.69) is 20.5 Å². The zero-order valence-corrected chi connectivity index (χ0v) is 9.02. The molecule has 0 aromatic carbocycles. The van der Waals surface area contributed by atoms with E-state index in [0.29, 0.717) is 11.6 Å². The summed E-state index contributed by atoms with van der Waals surface area (Å²) >= 11 is 0. The van der Waals surface area contributed by atoms with Crippen molar-refractivity contribution in [1.29, 1.82) is 0 Å². The number of aryl methyl sites for hydroxylation is 1. The van der Waals surface area contributed by atoms with Crippen LogP contribution >= 0.6 is 0 Å². The second-order valence-electron chi connectivity index (χ2n) is 3.45. The number of nitrogens with zero attached hydrogens (tertiary/aromatic N) is 2. The number of amides is 1. The maximum Gasteiger partial charge on any atom is 0.291 e. The van der Waals surface area contributed by atoms with E-state index in [0.717, 1.165) is 0 Å². The summed E-state index contributed by atoms with van der Waals surface area (Å²) in [5.74, 6) is 1.11. The number of carbonyl (C=O) groups excluding carboxylic acids is 1. The summed E-state index contributed by atoms with van der Waals surface area (Å²) in [7, 11) is 0. The molecule has 2 rings (SSSR count). The number of furan rings is 1. The summed E-state index contributed by atoms with van der Waals surface area (Å²) in [6.45, 7) is 3.57. The first-order valence-electron chi connectivity index (χ1n) is 4.90. The average Bonchev–Trinajstić information content (AvgIpc) is 2.87. The summed E-state index contributed by atoms with van der Waals surface area (Å²) < 4.78 is 5.17. The maximum atomic E-state index is 11.7. The highest BCUT2D eigenvalue weighted by atomic mass is 16.3. The fourth-order valence-electron chi connectivity index (χ4n) is 1.31. The van der Waals surface area contributed by atoms with Gasteiger partial charge in [-0.25, -0.2) is 4.98 Å². The van der Waals surface area contributed by atoms with E-state index in [4.69, 9.17) is 4.42 Å². The number of carbonyl (C=O) groups is 1. The molecule has 0 aliphatic rings. The molecule has 2 heterocycles. The minimum Gasteiger partial charge on any atom is -0.467 e. The second kappa shape index (κ2) is 4.18. The first kappa shape index (κ1) is 10.4. The van der Waals surface area contributed by atoms with Crippen LogP contribution < -0.4 is 5.32 Å². The highest BCUT2D eigenvalue weighted by Crippen LogP contribution is 2.12. The smallest absolute Gasteiger partial charge is 0.291 e. The predicted molar refractivity (Wildman–Crippen MR) is 55.7 cm³/mol. The van der Waals surface area contributed by atoms with Crippen molar-refractivity contribution in [2.45, 2.75) is 19.9 Å². The van der Waals surface area contributed by atoms with Gasteiger partial charge in [0.15, 0.2) is 0 Å². The lowest BCUT2D eigenvalue weighted by atomic mass is 10.2. The van der Waals surface area contributed by atoms with Crippen LogP contribution in [-0.4, -0.2) is 21.1 Å². The van der Waals surface area contributed by atoms with Crippen LogP contribution in [0.25, 0.3) is 0 Å². The van der Waals surface area contributed by atoms with E-state index in [9.17, 15) is 4.79 Å². The van der Waals surface area contributed by atoms with Crippen molar-refractivity contribution < 1.29 is 9.21 Å². The highest BCUT2D eigenvalue weighted by Gasteiger charge is 2.16. The van der Waals surface area contributed by atoms with Gasteiger partial charge >= 0.3 is 0 Å². The monoisotopic (exact) mass is 220 g/mol. The Bertz CT molecular complexity index is 475. The van der Waals surface area contributed by atoms with E-state index >= 15 is 0 Å². The van der Waals surface area contributed by atoms with Gasteiger partial charge in [0.1, 0.15) is 11.6 Å². The molecule has 1 atom stereocenters. The molecule has 0 aliphatic carbocycles. The van der Waals surface area contributed by atoms with E-state index in [-0.39, 0.29) is 17.8 Å². The number of hydrogen-bond acceptors (Lipinski definition) is 4. The Morgan fingerprint density at radius 3 is 3.00 bits per heavy atom. The van der Waals surface area contributed by atoms with Gasteiger partial charge in [0.2, 0.25) is 5.82 Å². The third kappa shape index (κ3) is 2.10. The molecule has 0 fully saturated rings. The van der Waals surface area contributed by atoms with Gasteiger partial charge < -0.3 is 9.73 Å². The van der Waals surface area contributed by atoms with Crippen LogP contribution in [0.3, 0.4) is 0 Å². The molecule has 0 saturated heterocycles. The van der Waals surface area contributed by atoms with Crippen molar-refractivity contribution in [2.24, 2.45) is 0 Å². The van der Waals surface area contributed by atoms with Gasteiger partial charge in [0.25, 0.3) is 5.91 Å². The van der Waals surface area contributed by atoms with Crippen molar-refractivity contribution in [2.75, 3.05) is 0 Å². The van der Waals surface area contributed by atoms with Crippen LogP contribution in [-0.2, 0) is 0 Å². The minimum absolute atomic E-state index is 0.135. The maximum absolute atomic E-state index is 11.7. The molecule has 0 bridgehead atoms. The van der Waals surface area contributed by atoms with Crippen molar-refractivity contribution in [3.63, 3.8) is 0 Å². The Kier molecular flexibility index (Phi) is 2.72. The number of aromatic amines is 1. The first-order valence-corrected chi connectivity index (χ1v) is 4.90. The third-order valence-electron chi connectivity index (χ3n) is 2.12. The molecule has 0 spiro atoms. The molecule has 0 saturated carbocycles. The summed E-state index contributed by atoms with van der Waals surface area (Å²) in [4.78, 5) is 15.6. The highest BCUT2D eigenvalue weighted by molar-refractivity contribution is 5.90. The normalized spacial score (nSPS) is 12.4. The molecule has 2 N–H and O–H groups in total. The van der Waals surface area contributed by atoms with Gasteiger partial charge in [-0.15, -0.1) is 5.10 Å². The summed E-state index contributed by atoms with van der Waals surface area (Å²) in [5, 5.41) is 9.12. The van der Waals surface area contributed by atoms with E-state index in [1.54, 1.807) is 25.3 Å². The molecule has 1 amide bonds. The molecular weight excluding hydrogens is 208 g/mol. The van der Waals surface area contributed by atoms with Gasteiger partial charge in [-0.1, -0.05) is 0 Å². The summed E-state index contributed by atoms with van der Waals surface area (Å²) in [5.41, 5.74) is 0. The molecule has 2 aromatic rings. The summed E-state index contributed by atoms with van der Waals surface area (Å²) in [6.07, 6.45) is 1.56. The number of rotatable bonds is 3. The van der Waals surface area contributed by atoms with E-state index in [1.165, 1.54) is 0 Å². The van der Waals surface area contributed by atoms with Crippen molar-refractivity contribution in [1.82, 2.24) is 20.5 Å². The predicted octanol–water partition coefficient (Wildman–Crippen LogP) is 1.20. The Labute approximate surface area is 92.1 Å². The molecule has 16 heavy (non-hydrogen) atoms.